The van der Waals surface area contributed by atoms with Gasteiger partial charge >= 0.3 is 5.97 Å². The smallest absolute Gasteiger partial charge is 0.311 e. The van der Waals surface area contributed by atoms with Crippen molar-refractivity contribution < 1.29 is 28.5 Å². The van der Waals surface area contributed by atoms with Gasteiger partial charge in [-0.05, 0) is 86.1 Å². The van der Waals surface area contributed by atoms with Crippen molar-refractivity contribution in [2.24, 2.45) is 5.92 Å². The van der Waals surface area contributed by atoms with Crippen LogP contribution in [0.2, 0.25) is 0 Å². The zero-order chi connectivity index (χ0) is 29.6. The molecule has 0 radical (unpaired) electrons. The minimum Gasteiger partial charge on any atom is -0.481 e. The van der Waals surface area contributed by atoms with E-state index in [1.807, 2.05) is 32.9 Å². The molecule has 10 heteroatoms. The third-order valence-corrected chi connectivity index (χ3v) is 7.37. The lowest BCUT2D eigenvalue weighted by Gasteiger charge is -2.16. The van der Waals surface area contributed by atoms with E-state index in [-0.39, 0.29) is 36.1 Å². The summed E-state index contributed by atoms with van der Waals surface area (Å²) in [5.41, 5.74) is 3.88. The quantitative estimate of drug-likeness (QED) is 0.287. The number of carbonyl (C=O) groups is 1. The van der Waals surface area contributed by atoms with Crippen molar-refractivity contribution in [1.29, 1.82) is 0 Å². The maximum atomic E-state index is 15.1. The van der Waals surface area contributed by atoms with Crippen LogP contribution in [0.4, 0.5) is 8.78 Å². The minimum absolute atomic E-state index is 0.0614. The molecule has 214 valence electrons. The van der Waals surface area contributed by atoms with E-state index in [4.69, 9.17) is 4.74 Å². The number of nitrogens with zero attached hydrogens (tertiary/aromatic N) is 4. The first kappa shape index (κ1) is 28.4. The number of hydrogen-bond acceptors (Lipinski definition) is 6. The predicted molar refractivity (Wildman–Crippen MR) is 148 cm³/mol. The Bertz CT molecular complexity index is 1620. The van der Waals surface area contributed by atoms with Crippen LogP contribution in [0.5, 0.6) is 5.88 Å². The fourth-order valence-electron chi connectivity index (χ4n) is 5.63. The molecule has 1 unspecified atom stereocenters. The van der Waals surface area contributed by atoms with Crippen LogP contribution in [0.25, 0.3) is 22.5 Å². The van der Waals surface area contributed by atoms with Crippen molar-refractivity contribution in [3.63, 3.8) is 0 Å². The molecular formula is C31H32F2N4O4. The zero-order valence-electron chi connectivity index (χ0n) is 23.6. The number of benzene rings is 2. The van der Waals surface area contributed by atoms with E-state index < -0.39 is 29.1 Å². The average molecular weight is 563 g/mol. The number of ether oxygens (including phenoxy) is 1. The Morgan fingerprint density at radius 1 is 1.10 bits per heavy atom. The van der Waals surface area contributed by atoms with Crippen LogP contribution in [0.15, 0.2) is 42.9 Å². The molecule has 41 heavy (non-hydrogen) atoms. The van der Waals surface area contributed by atoms with E-state index in [9.17, 15) is 19.4 Å². The Hall–Kier alpha value is -4.18. The number of fused-ring (bicyclic) bond motifs is 1. The Kier molecular flexibility index (Phi) is 7.37. The number of aliphatic hydroxyl groups is 1. The highest BCUT2D eigenvalue weighted by Gasteiger charge is 2.35. The van der Waals surface area contributed by atoms with E-state index in [0.717, 1.165) is 28.3 Å². The summed E-state index contributed by atoms with van der Waals surface area (Å²) in [5, 5.41) is 24.0. The molecule has 5 rings (SSSR count). The molecule has 0 amide bonds. The first-order valence-electron chi connectivity index (χ1n) is 13.4. The second-order valence-corrected chi connectivity index (χ2v) is 11.5. The Labute approximate surface area is 236 Å². The van der Waals surface area contributed by atoms with E-state index in [1.54, 1.807) is 30.9 Å². The molecule has 2 heterocycles. The van der Waals surface area contributed by atoms with Gasteiger partial charge in [0.15, 0.2) is 5.82 Å². The molecule has 0 spiro atoms. The van der Waals surface area contributed by atoms with E-state index >= 15 is 4.39 Å². The van der Waals surface area contributed by atoms with Gasteiger partial charge in [-0.25, -0.2) is 23.4 Å². The summed E-state index contributed by atoms with van der Waals surface area (Å²) in [6, 6.07) is 7.71. The van der Waals surface area contributed by atoms with Gasteiger partial charge in [0.25, 0.3) is 0 Å². The lowest BCUT2D eigenvalue weighted by Crippen LogP contribution is -2.26. The maximum Gasteiger partial charge on any atom is 0.311 e. The third kappa shape index (κ3) is 5.83. The topological polar surface area (TPSA) is 110 Å². The van der Waals surface area contributed by atoms with E-state index in [2.05, 4.69) is 15.1 Å². The zero-order valence-corrected chi connectivity index (χ0v) is 23.6. The van der Waals surface area contributed by atoms with Gasteiger partial charge in [0.2, 0.25) is 5.88 Å². The highest BCUT2D eigenvalue weighted by molar-refractivity contribution is 5.78. The molecule has 0 fully saturated rings. The molecule has 1 aliphatic carbocycles. The number of halogens is 2. The summed E-state index contributed by atoms with van der Waals surface area (Å²) in [6.45, 7) is 9.05. The first-order chi connectivity index (χ1) is 19.3. The van der Waals surface area contributed by atoms with Crippen molar-refractivity contribution in [3.05, 3.63) is 82.3 Å². The van der Waals surface area contributed by atoms with Crippen LogP contribution < -0.4 is 4.74 Å². The molecule has 2 atom stereocenters. The molecule has 0 aliphatic heterocycles. The Balaban J connectivity index is 1.40. The maximum absolute atomic E-state index is 15.1. The van der Waals surface area contributed by atoms with Crippen molar-refractivity contribution in [1.82, 2.24) is 19.7 Å². The standard InChI is InChI=1S/C31H32F2N4O4/c1-16-7-20(29-35-15-37(36-29)14-31(4,5)40)8-17(2)27(16)22-9-21(24(32)11-25(22)33)13-41-26-10-19-6-18(3)28(30(38)39)23(19)12-34-26/h7-12,15,18,28,40H,6,13-14H2,1-5H3,(H,38,39)/t18?,28-/m0/s1. The summed E-state index contributed by atoms with van der Waals surface area (Å²) >= 11 is 0. The van der Waals surface area contributed by atoms with Crippen molar-refractivity contribution >= 4 is 5.97 Å². The van der Waals surface area contributed by atoms with Crippen molar-refractivity contribution in [2.75, 3.05) is 0 Å². The van der Waals surface area contributed by atoms with Gasteiger partial charge in [0.1, 0.15) is 24.6 Å². The fourth-order valence-corrected chi connectivity index (χ4v) is 5.63. The second-order valence-electron chi connectivity index (χ2n) is 11.5. The summed E-state index contributed by atoms with van der Waals surface area (Å²) < 4.78 is 37.3. The summed E-state index contributed by atoms with van der Waals surface area (Å²) in [6.07, 6.45) is 3.65. The summed E-state index contributed by atoms with van der Waals surface area (Å²) in [5.74, 6) is -2.26. The van der Waals surface area contributed by atoms with Gasteiger partial charge < -0.3 is 14.9 Å². The number of aliphatic carboxylic acids is 1. The average Bonchev–Trinajstić information content (AvgIpc) is 3.45. The normalized spacial score (nSPS) is 16.6. The molecular weight excluding hydrogens is 530 g/mol. The molecule has 2 N–H and O–H groups in total. The van der Waals surface area contributed by atoms with Gasteiger partial charge in [-0.15, -0.1) is 0 Å². The number of pyridine rings is 1. The molecule has 1 aliphatic rings. The lowest BCUT2D eigenvalue weighted by atomic mass is 9.92. The van der Waals surface area contributed by atoms with Crippen LogP contribution in [0, 0.1) is 31.4 Å². The number of hydrogen-bond donors (Lipinski definition) is 2. The molecule has 4 aromatic rings. The van der Waals surface area contributed by atoms with Crippen LogP contribution in [0.3, 0.4) is 0 Å². The summed E-state index contributed by atoms with van der Waals surface area (Å²) in [4.78, 5) is 20.2. The summed E-state index contributed by atoms with van der Waals surface area (Å²) in [7, 11) is 0. The van der Waals surface area contributed by atoms with Gasteiger partial charge in [-0.1, -0.05) is 6.92 Å². The van der Waals surface area contributed by atoms with Crippen LogP contribution in [-0.2, 0) is 24.4 Å². The van der Waals surface area contributed by atoms with E-state index in [0.29, 0.717) is 23.4 Å². The number of aryl methyl sites for hydroxylation is 2. The Morgan fingerprint density at radius 2 is 1.80 bits per heavy atom. The largest absolute Gasteiger partial charge is 0.481 e. The fraction of sp³-hybridized carbons (Fsp3) is 0.355. The molecule has 0 saturated carbocycles. The molecule has 0 bridgehead atoms. The third-order valence-electron chi connectivity index (χ3n) is 7.37. The van der Waals surface area contributed by atoms with Gasteiger partial charge in [0.05, 0.1) is 18.1 Å². The molecule has 0 saturated heterocycles. The number of aromatic nitrogens is 4. The molecule has 8 nitrogen and oxygen atoms in total. The Morgan fingerprint density at radius 3 is 2.46 bits per heavy atom. The number of carboxylic acid groups (broad SMARTS) is 1. The highest BCUT2D eigenvalue weighted by Crippen LogP contribution is 2.39. The van der Waals surface area contributed by atoms with Gasteiger partial charge in [0, 0.05) is 35.0 Å². The predicted octanol–water partition coefficient (Wildman–Crippen LogP) is 5.61. The monoisotopic (exact) mass is 562 g/mol. The molecule has 2 aromatic heterocycles. The van der Waals surface area contributed by atoms with Gasteiger partial charge in [-0.3, -0.25) is 4.79 Å². The van der Waals surface area contributed by atoms with Crippen LogP contribution >= 0.6 is 0 Å². The van der Waals surface area contributed by atoms with Crippen LogP contribution in [-0.4, -0.2) is 41.5 Å². The lowest BCUT2D eigenvalue weighted by molar-refractivity contribution is -0.139. The minimum atomic E-state index is -0.944. The van der Waals surface area contributed by atoms with Crippen LogP contribution in [0.1, 0.15) is 54.5 Å². The van der Waals surface area contributed by atoms with E-state index in [1.165, 1.54) is 12.3 Å². The van der Waals surface area contributed by atoms with Crippen molar-refractivity contribution in [3.8, 4) is 28.4 Å². The first-order valence-corrected chi connectivity index (χ1v) is 13.4. The molecule has 2 aromatic carbocycles. The highest BCUT2D eigenvalue weighted by atomic mass is 19.1. The van der Waals surface area contributed by atoms with Crippen molar-refractivity contribution in [2.45, 2.75) is 65.7 Å². The number of carboxylic acids is 1. The second kappa shape index (κ2) is 10.7. The SMILES string of the molecule is Cc1cc(-c2ncn(CC(C)(C)O)n2)cc(C)c1-c1cc(COc2cc3c(cn2)[C@@H](C(=O)O)C(C)C3)c(F)cc1F. The number of rotatable bonds is 8. The van der Waals surface area contributed by atoms with Gasteiger partial charge in [-0.2, -0.15) is 5.10 Å².